The van der Waals surface area contributed by atoms with Gasteiger partial charge in [-0.3, -0.25) is 14.4 Å². The Morgan fingerprint density at radius 2 is 1.74 bits per heavy atom. The van der Waals surface area contributed by atoms with Gasteiger partial charge in [0.1, 0.15) is 40.5 Å². The number of halogens is 1. The maximum Gasteiger partial charge on any atom is 0.248 e. The van der Waals surface area contributed by atoms with Crippen molar-refractivity contribution in [3.05, 3.63) is 76.0 Å². The van der Waals surface area contributed by atoms with E-state index < -0.39 is 18.2 Å². The van der Waals surface area contributed by atoms with Crippen LogP contribution < -0.4 is 25.6 Å². The lowest BCUT2D eigenvalue weighted by Crippen LogP contribution is -2.49. The van der Waals surface area contributed by atoms with Gasteiger partial charge in [0.05, 0.1) is 45.7 Å². The van der Waals surface area contributed by atoms with Gasteiger partial charge in [0.15, 0.2) is 5.82 Å². The molecule has 0 bridgehead atoms. The smallest absolute Gasteiger partial charge is 0.248 e. The zero-order valence-electron chi connectivity index (χ0n) is 43.8. The molecule has 10 rings (SSSR count). The predicted octanol–water partition coefficient (Wildman–Crippen LogP) is 6.40. The second kappa shape index (κ2) is 23.3. The number of nitrogens with two attached hydrogens (primary N) is 1. The van der Waals surface area contributed by atoms with Gasteiger partial charge in [-0.05, 0) is 81.0 Å². The largest absolute Gasteiger partial charge is 0.490 e. The van der Waals surface area contributed by atoms with Crippen LogP contribution in [-0.4, -0.2) is 143 Å². The van der Waals surface area contributed by atoms with E-state index >= 15 is 0 Å². The summed E-state index contributed by atoms with van der Waals surface area (Å²) in [6.07, 6.45) is 11.1. The van der Waals surface area contributed by atoms with E-state index in [0.717, 1.165) is 71.1 Å². The van der Waals surface area contributed by atoms with Crippen LogP contribution in [0.1, 0.15) is 113 Å². The molecule has 5 fully saturated rings. The standard InChI is InChI=1S/C54H70ClN13O6S2/c1-32(2)47(68-28-40(62-63-68)34-5-6-34)53(73)67-27-38(70)24-42(67)51(71)59-25-37-8-7-36(48-33(3)60-31-75-48)23-43(37)74-39-12-19-66(20-13-39)52(72)35-10-17-64(18-11-35)50-46(55)44(9-16-57-50)76-45-26-58-49(41(29-69)61-45)65-21-14-54(4,30-56)15-22-65/h7-9,16,23,26,28,31-32,34-35,38-39,42,47,69-70H,5-6,10-15,17-22,24-25,27,29-30,56H2,1-4H3,(H,59,71)/t38-,42+,47+/m1/s1. The molecule has 4 saturated heterocycles. The number of hydrogen-bond acceptors (Lipinski definition) is 17. The van der Waals surface area contributed by atoms with Crippen LogP contribution in [-0.2, 0) is 27.5 Å². The minimum Gasteiger partial charge on any atom is -0.490 e. The van der Waals surface area contributed by atoms with Crippen LogP contribution in [0.25, 0.3) is 10.4 Å². The number of piperidine rings is 3. The number of rotatable bonds is 17. The summed E-state index contributed by atoms with van der Waals surface area (Å²) in [4.78, 5) is 70.6. The molecular formula is C54H70ClN13O6S2. The molecule has 0 spiro atoms. The summed E-state index contributed by atoms with van der Waals surface area (Å²) in [6.45, 7) is 12.7. The zero-order valence-corrected chi connectivity index (χ0v) is 46.2. The van der Waals surface area contributed by atoms with E-state index in [9.17, 15) is 24.6 Å². The summed E-state index contributed by atoms with van der Waals surface area (Å²) >= 11 is 9.99. The van der Waals surface area contributed by atoms with Gasteiger partial charge in [-0.25, -0.2) is 24.6 Å². The Morgan fingerprint density at radius 3 is 2.42 bits per heavy atom. The third-order valence-corrected chi connectivity index (χ3v) is 18.5. The minimum absolute atomic E-state index is 0.0553. The molecule has 5 N–H and O–H groups in total. The first-order chi connectivity index (χ1) is 36.7. The molecule has 76 heavy (non-hydrogen) atoms. The average molecular weight is 1100 g/mol. The Labute approximate surface area is 457 Å². The van der Waals surface area contributed by atoms with Crippen LogP contribution in [0.2, 0.25) is 5.02 Å². The van der Waals surface area contributed by atoms with E-state index in [4.69, 9.17) is 32.0 Å². The van der Waals surface area contributed by atoms with Crippen molar-refractivity contribution in [2.24, 2.45) is 23.0 Å². The van der Waals surface area contributed by atoms with Crippen molar-refractivity contribution in [1.29, 1.82) is 0 Å². The Bertz CT molecular complexity index is 2880. The molecule has 0 radical (unpaired) electrons. The second-order valence-electron chi connectivity index (χ2n) is 21.9. The Balaban J connectivity index is 0.738. The third-order valence-electron chi connectivity index (χ3n) is 16.0. The molecule has 0 unspecified atom stereocenters. The van der Waals surface area contributed by atoms with E-state index in [-0.39, 0.29) is 67.2 Å². The number of nitrogens with zero attached hydrogens (tertiary/aromatic N) is 11. The maximum absolute atomic E-state index is 14.2. The molecule has 19 nitrogen and oxygen atoms in total. The molecule has 22 heteroatoms. The van der Waals surface area contributed by atoms with E-state index in [1.807, 2.05) is 61.6 Å². The molecule has 4 aliphatic heterocycles. The Hall–Kier alpha value is -5.45. The van der Waals surface area contributed by atoms with Crippen molar-refractivity contribution in [3.63, 3.8) is 0 Å². The van der Waals surface area contributed by atoms with E-state index in [0.29, 0.717) is 97.5 Å². The first kappa shape index (κ1) is 53.9. The fraction of sp³-hybridized carbons (Fsp3) is 0.574. The molecule has 3 amide bonds. The highest BCUT2D eigenvalue weighted by Gasteiger charge is 2.43. The number of likely N-dealkylation sites (tertiary alicyclic amines) is 2. The van der Waals surface area contributed by atoms with E-state index in [1.54, 1.807) is 28.4 Å². The maximum atomic E-state index is 14.2. The number of benzene rings is 1. The Kier molecular flexibility index (Phi) is 16.5. The summed E-state index contributed by atoms with van der Waals surface area (Å²) in [5.41, 5.74) is 12.0. The molecule has 5 aromatic rings. The summed E-state index contributed by atoms with van der Waals surface area (Å²) < 4.78 is 8.42. The quantitative estimate of drug-likeness (QED) is 0.0789. The number of hydrogen-bond donors (Lipinski definition) is 4. The van der Waals surface area contributed by atoms with Crippen LogP contribution in [0.3, 0.4) is 0 Å². The molecule has 1 saturated carbocycles. The lowest BCUT2D eigenvalue weighted by atomic mass is 9.80. The van der Waals surface area contributed by atoms with Gasteiger partial charge in [0.2, 0.25) is 17.7 Å². The van der Waals surface area contributed by atoms with Crippen LogP contribution >= 0.6 is 34.7 Å². The Morgan fingerprint density at radius 1 is 0.987 bits per heavy atom. The minimum atomic E-state index is -0.857. The monoisotopic (exact) mass is 1100 g/mol. The number of pyridine rings is 1. The van der Waals surface area contributed by atoms with Crippen LogP contribution in [0.15, 0.2) is 58.3 Å². The van der Waals surface area contributed by atoms with Crippen LogP contribution in [0.5, 0.6) is 5.75 Å². The van der Waals surface area contributed by atoms with Crippen LogP contribution in [0.4, 0.5) is 11.6 Å². The molecule has 1 aliphatic carbocycles. The summed E-state index contributed by atoms with van der Waals surface area (Å²) in [5.74, 6) is 1.68. The number of amides is 3. The molecule has 3 atom stereocenters. The number of aliphatic hydroxyl groups excluding tert-OH is 2. The highest BCUT2D eigenvalue weighted by Crippen LogP contribution is 2.41. The number of β-amino-alcohol motifs (C(OH)–C–C–N with tert-alkyl or cyclic N) is 1. The molecule has 5 aliphatic rings. The SMILES string of the molecule is Cc1ncsc1-c1ccc(CNC(=O)[C@@H]2C[C@@H](O)CN2C(=O)[C@H](C(C)C)n2cc(C3CC3)nn2)c(OC2CCN(C(=O)C3CCN(c4nccc(Sc5cnc(N6CCC(C)(CN)CC6)c(CO)n5)c4Cl)CC3)CC2)c1. The van der Waals surface area contributed by atoms with Gasteiger partial charge in [0, 0.05) is 106 Å². The highest BCUT2D eigenvalue weighted by molar-refractivity contribution is 7.99. The normalized spacial score (nSPS) is 20.9. The van der Waals surface area contributed by atoms with Crippen molar-refractivity contribution in [1.82, 2.24) is 50.0 Å². The van der Waals surface area contributed by atoms with E-state index in [2.05, 4.69) is 42.3 Å². The van der Waals surface area contributed by atoms with E-state index in [1.165, 1.54) is 16.7 Å². The summed E-state index contributed by atoms with van der Waals surface area (Å²) in [6, 6.07) is 6.32. The second-order valence-corrected chi connectivity index (χ2v) is 24.2. The van der Waals surface area contributed by atoms with Crippen molar-refractivity contribution < 1.29 is 29.3 Å². The molecule has 1 aromatic carbocycles. The van der Waals surface area contributed by atoms with Crippen molar-refractivity contribution in [2.45, 2.75) is 139 Å². The van der Waals surface area contributed by atoms with Gasteiger partial charge in [-0.15, -0.1) is 16.4 Å². The van der Waals surface area contributed by atoms with Crippen molar-refractivity contribution >= 4 is 64.1 Å². The van der Waals surface area contributed by atoms with Crippen molar-refractivity contribution in [2.75, 3.05) is 62.2 Å². The molecule has 406 valence electrons. The predicted molar refractivity (Wildman–Crippen MR) is 291 cm³/mol. The van der Waals surface area contributed by atoms with Crippen molar-refractivity contribution in [3.8, 4) is 16.2 Å². The average Bonchev–Trinajstić information content (AvgIpc) is 3.78. The van der Waals surface area contributed by atoms with Gasteiger partial charge in [0.25, 0.3) is 0 Å². The number of thiazole rings is 1. The summed E-state index contributed by atoms with van der Waals surface area (Å²) in [5, 5.41) is 34.0. The summed E-state index contributed by atoms with van der Waals surface area (Å²) in [7, 11) is 0. The number of ether oxygens (including phenoxy) is 1. The number of aromatic nitrogens is 7. The lowest BCUT2D eigenvalue weighted by molar-refractivity contribution is -0.142. The number of nitrogens with one attached hydrogen (secondary N) is 1. The number of aryl methyl sites for hydroxylation is 1. The number of aliphatic hydroxyl groups is 2. The third kappa shape index (κ3) is 11.8. The van der Waals surface area contributed by atoms with Gasteiger partial charge in [-0.1, -0.05) is 61.5 Å². The number of carbonyl (C=O) groups excluding carboxylic acids is 3. The molecule has 4 aromatic heterocycles. The first-order valence-corrected chi connectivity index (χ1v) is 28.9. The van der Waals surface area contributed by atoms with Gasteiger partial charge >= 0.3 is 0 Å². The zero-order chi connectivity index (χ0) is 53.3. The molecule has 8 heterocycles. The van der Waals surface area contributed by atoms with Crippen LogP contribution in [0, 0.1) is 24.2 Å². The van der Waals surface area contributed by atoms with Gasteiger partial charge in [-0.2, -0.15) is 0 Å². The topological polar surface area (TPSA) is 234 Å². The lowest BCUT2D eigenvalue weighted by Gasteiger charge is -2.39. The number of carbonyl (C=O) groups is 3. The van der Waals surface area contributed by atoms with Gasteiger partial charge < -0.3 is 45.6 Å². The molecular weight excluding hydrogens is 1030 g/mol. The fourth-order valence-corrected chi connectivity index (χ4v) is 13.0. The first-order valence-electron chi connectivity index (χ1n) is 26.8. The fourth-order valence-electron chi connectivity index (χ4n) is 11.1. The highest BCUT2D eigenvalue weighted by atomic mass is 35.5. The number of anilines is 2.